The first kappa shape index (κ1) is 11.6. The van der Waals surface area contributed by atoms with Crippen LogP contribution in [0.25, 0.3) is 11.7 Å². The van der Waals surface area contributed by atoms with Crippen LogP contribution < -0.4 is 0 Å². The molecular weight excluding hydrogens is 242 g/mol. The van der Waals surface area contributed by atoms with E-state index in [2.05, 4.69) is 14.8 Å². The minimum atomic E-state index is -0.291. The Bertz CT molecular complexity index is 577. The molecule has 6 heteroatoms. The van der Waals surface area contributed by atoms with E-state index in [1.165, 1.54) is 7.11 Å². The van der Waals surface area contributed by atoms with Gasteiger partial charge in [-0.25, -0.2) is 9.50 Å². The molecule has 5 nitrogen and oxygen atoms in total. The van der Waals surface area contributed by atoms with E-state index in [0.717, 1.165) is 5.69 Å². The fourth-order valence-electron chi connectivity index (χ4n) is 1.34. The molecule has 0 unspecified atom stereocenters. The van der Waals surface area contributed by atoms with Gasteiger partial charge in [-0.05, 0) is 18.2 Å². The zero-order valence-corrected chi connectivity index (χ0v) is 9.89. The predicted octanol–water partition coefficient (Wildman–Crippen LogP) is 1.96. The average Bonchev–Trinajstić information content (AvgIpc) is 2.72. The van der Waals surface area contributed by atoms with E-state index in [1.54, 1.807) is 35.0 Å². The molecule has 0 bridgehead atoms. The number of aromatic nitrogens is 3. The molecule has 0 aliphatic heterocycles. The molecule has 0 spiro atoms. The minimum absolute atomic E-state index is 0.213. The summed E-state index contributed by atoms with van der Waals surface area (Å²) in [7, 11) is 1.35. The van der Waals surface area contributed by atoms with Crippen molar-refractivity contribution in [3.05, 3.63) is 35.3 Å². The largest absolute Gasteiger partial charge is 0.469 e. The van der Waals surface area contributed by atoms with E-state index < -0.39 is 0 Å². The third kappa shape index (κ3) is 2.62. The van der Waals surface area contributed by atoms with E-state index in [9.17, 15) is 4.79 Å². The highest BCUT2D eigenvalue weighted by Gasteiger charge is 2.02. The van der Waals surface area contributed by atoms with Crippen molar-refractivity contribution >= 4 is 29.3 Å². The van der Waals surface area contributed by atoms with Gasteiger partial charge in [-0.2, -0.15) is 5.10 Å². The molecule has 2 heterocycles. The van der Waals surface area contributed by atoms with Gasteiger partial charge in [0.25, 0.3) is 0 Å². The molecule has 2 aromatic rings. The Morgan fingerprint density at radius 1 is 1.59 bits per heavy atom. The number of hydrogen-bond acceptors (Lipinski definition) is 4. The summed E-state index contributed by atoms with van der Waals surface area (Å²) in [5.74, 6) is -0.291. The Balaban J connectivity index is 2.24. The summed E-state index contributed by atoms with van der Waals surface area (Å²) in [6, 6.07) is 3.44. The second-order valence-electron chi connectivity index (χ2n) is 3.29. The first-order valence-corrected chi connectivity index (χ1v) is 5.32. The van der Waals surface area contributed by atoms with E-state index in [1.807, 2.05) is 0 Å². The number of ether oxygens (including phenoxy) is 1. The highest BCUT2D eigenvalue weighted by molar-refractivity contribution is 6.29. The summed E-state index contributed by atoms with van der Waals surface area (Å²) in [5, 5.41) is 4.49. The Morgan fingerprint density at radius 2 is 2.41 bits per heavy atom. The van der Waals surface area contributed by atoms with E-state index >= 15 is 0 Å². The lowest BCUT2D eigenvalue weighted by molar-refractivity contribution is -0.139. The molecule has 0 radical (unpaired) electrons. The zero-order chi connectivity index (χ0) is 12.3. The van der Waals surface area contributed by atoms with Crippen LogP contribution in [0, 0.1) is 0 Å². The topological polar surface area (TPSA) is 56.5 Å². The maximum atomic E-state index is 10.9. The molecule has 0 amide bonds. The molecule has 0 fully saturated rings. The summed E-state index contributed by atoms with van der Waals surface area (Å²) in [6.45, 7) is 0. The van der Waals surface area contributed by atoms with Crippen LogP contribution in [-0.4, -0.2) is 27.7 Å². The summed E-state index contributed by atoms with van der Waals surface area (Å²) in [6.07, 6.45) is 5.31. The second-order valence-corrected chi connectivity index (χ2v) is 3.68. The number of methoxy groups -OCH3 is 1. The number of carbonyl (C=O) groups is 1. The lowest BCUT2D eigenvalue weighted by Gasteiger charge is -1.96. The van der Waals surface area contributed by atoms with Crippen molar-refractivity contribution in [2.45, 2.75) is 6.42 Å². The summed E-state index contributed by atoms with van der Waals surface area (Å²) in [4.78, 5) is 15.1. The summed E-state index contributed by atoms with van der Waals surface area (Å²) >= 11 is 5.80. The van der Waals surface area contributed by atoms with Gasteiger partial charge in [-0.15, -0.1) is 0 Å². The van der Waals surface area contributed by atoms with Crippen molar-refractivity contribution in [1.82, 2.24) is 14.6 Å². The average molecular weight is 252 g/mol. The van der Waals surface area contributed by atoms with E-state index in [4.69, 9.17) is 11.6 Å². The van der Waals surface area contributed by atoms with Gasteiger partial charge in [0.2, 0.25) is 0 Å². The number of halogens is 1. The Hall–Kier alpha value is -1.88. The quantitative estimate of drug-likeness (QED) is 0.783. The van der Waals surface area contributed by atoms with Crippen LogP contribution in [0.4, 0.5) is 0 Å². The standard InChI is InChI=1S/C11H10ClN3O2/c1-17-11(16)4-2-3-8-7-13-10-6-5-9(12)14-15(8)10/h2-3,5-7H,4H2,1H3. The zero-order valence-electron chi connectivity index (χ0n) is 9.13. The Kier molecular flexibility index (Phi) is 3.39. The molecule has 0 saturated heterocycles. The fraction of sp³-hybridized carbons (Fsp3) is 0.182. The van der Waals surface area contributed by atoms with Crippen LogP contribution in [0.3, 0.4) is 0 Å². The van der Waals surface area contributed by atoms with Crippen LogP contribution in [0.1, 0.15) is 12.1 Å². The lowest BCUT2D eigenvalue weighted by Crippen LogP contribution is -1.97. The molecule has 17 heavy (non-hydrogen) atoms. The maximum Gasteiger partial charge on any atom is 0.309 e. The van der Waals surface area contributed by atoms with Gasteiger partial charge < -0.3 is 4.74 Å². The van der Waals surface area contributed by atoms with Crippen molar-refractivity contribution in [2.75, 3.05) is 7.11 Å². The Labute approximate surface area is 103 Å². The maximum absolute atomic E-state index is 10.9. The van der Waals surface area contributed by atoms with Crippen molar-refractivity contribution < 1.29 is 9.53 Å². The fourth-order valence-corrected chi connectivity index (χ4v) is 1.48. The third-order valence-corrected chi connectivity index (χ3v) is 2.36. The summed E-state index contributed by atoms with van der Waals surface area (Å²) < 4.78 is 6.13. The number of nitrogens with zero attached hydrogens (tertiary/aromatic N) is 3. The van der Waals surface area contributed by atoms with Gasteiger partial charge in [0.05, 0.1) is 25.4 Å². The van der Waals surface area contributed by atoms with Crippen LogP contribution in [0.15, 0.2) is 24.4 Å². The molecule has 0 N–H and O–H groups in total. The van der Waals surface area contributed by atoms with Crippen LogP contribution >= 0.6 is 11.6 Å². The number of hydrogen-bond donors (Lipinski definition) is 0. The van der Waals surface area contributed by atoms with Crippen LogP contribution in [0.2, 0.25) is 5.15 Å². The SMILES string of the molecule is COC(=O)CC=Cc1cnc2ccc(Cl)nn12. The predicted molar refractivity (Wildman–Crippen MR) is 63.7 cm³/mol. The smallest absolute Gasteiger partial charge is 0.309 e. The molecular formula is C11H10ClN3O2. The van der Waals surface area contributed by atoms with Gasteiger partial charge in [0, 0.05) is 0 Å². The van der Waals surface area contributed by atoms with Gasteiger partial charge in [-0.3, -0.25) is 4.79 Å². The molecule has 0 atom stereocenters. The second kappa shape index (κ2) is 4.97. The first-order valence-electron chi connectivity index (χ1n) is 4.94. The minimum Gasteiger partial charge on any atom is -0.469 e. The highest BCUT2D eigenvalue weighted by Crippen LogP contribution is 2.10. The van der Waals surface area contributed by atoms with E-state index in [-0.39, 0.29) is 12.4 Å². The molecule has 88 valence electrons. The number of fused-ring (bicyclic) bond motifs is 1. The van der Waals surface area contributed by atoms with E-state index in [0.29, 0.717) is 10.8 Å². The monoisotopic (exact) mass is 251 g/mol. The number of imidazole rings is 1. The highest BCUT2D eigenvalue weighted by atomic mass is 35.5. The lowest BCUT2D eigenvalue weighted by atomic mass is 10.3. The van der Waals surface area contributed by atoms with Crippen molar-refractivity contribution in [3.63, 3.8) is 0 Å². The van der Waals surface area contributed by atoms with Crippen LogP contribution in [-0.2, 0) is 9.53 Å². The molecule has 2 rings (SSSR count). The molecule has 0 aliphatic carbocycles. The van der Waals surface area contributed by atoms with Gasteiger partial charge in [-0.1, -0.05) is 17.7 Å². The van der Waals surface area contributed by atoms with Crippen molar-refractivity contribution in [2.24, 2.45) is 0 Å². The van der Waals surface area contributed by atoms with Crippen LogP contribution in [0.5, 0.6) is 0 Å². The number of esters is 1. The number of rotatable bonds is 3. The van der Waals surface area contributed by atoms with Gasteiger partial charge in [0.1, 0.15) is 5.15 Å². The molecule has 0 aliphatic rings. The molecule has 2 aromatic heterocycles. The first-order chi connectivity index (χ1) is 8.20. The third-order valence-electron chi connectivity index (χ3n) is 2.16. The van der Waals surface area contributed by atoms with Crippen molar-refractivity contribution in [3.8, 4) is 0 Å². The van der Waals surface area contributed by atoms with Gasteiger partial charge in [0.15, 0.2) is 5.65 Å². The van der Waals surface area contributed by atoms with Crippen molar-refractivity contribution in [1.29, 1.82) is 0 Å². The summed E-state index contributed by atoms with van der Waals surface area (Å²) in [5.41, 5.74) is 1.46. The van der Waals surface area contributed by atoms with Gasteiger partial charge >= 0.3 is 5.97 Å². The normalized spacial score (nSPS) is 11.2. The molecule has 0 saturated carbocycles. The molecule has 0 aromatic carbocycles. The number of carbonyl (C=O) groups excluding carboxylic acids is 1. The Morgan fingerprint density at radius 3 is 3.18 bits per heavy atom.